The van der Waals surface area contributed by atoms with Crippen molar-refractivity contribution in [3.8, 4) is 16.9 Å². The number of allylic oxidation sites excluding steroid dienone is 1. The summed E-state index contributed by atoms with van der Waals surface area (Å²) in [6, 6.07) is 23.7. The summed E-state index contributed by atoms with van der Waals surface area (Å²) in [5.41, 5.74) is 4.75. The molecular weight excluding hydrogens is 506 g/mol. The Morgan fingerprint density at radius 2 is 1.74 bits per heavy atom. The van der Waals surface area contributed by atoms with Gasteiger partial charge in [0, 0.05) is 17.9 Å². The molecule has 0 bridgehead atoms. The maximum absolute atomic E-state index is 13.0. The lowest BCUT2D eigenvalue weighted by Gasteiger charge is -2.08. The number of nitrogens with zero attached hydrogens (tertiary/aromatic N) is 3. The molecule has 39 heavy (non-hydrogen) atoms. The van der Waals surface area contributed by atoms with Crippen LogP contribution in [0.4, 0.5) is 0 Å². The summed E-state index contributed by atoms with van der Waals surface area (Å²) in [6.45, 7) is 7.54. The van der Waals surface area contributed by atoms with Crippen LogP contribution in [0.2, 0.25) is 0 Å². The van der Waals surface area contributed by atoms with Crippen LogP contribution in [0.5, 0.6) is 5.75 Å². The number of aryl methyl sites for hydroxylation is 1. The highest BCUT2D eigenvalue weighted by atomic mass is 32.2. The minimum atomic E-state index is -1.23. The Kier molecular flexibility index (Phi) is 9.97. The van der Waals surface area contributed by atoms with E-state index < -0.39 is 10.8 Å². The monoisotopic (exact) mass is 541 g/mol. The van der Waals surface area contributed by atoms with Gasteiger partial charge in [-0.15, -0.1) is 10.2 Å². The fourth-order valence-electron chi connectivity index (χ4n) is 4.20. The Hall–Kier alpha value is -3.84. The molecule has 0 aliphatic carbocycles. The molecular formula is C32H35N3O3S. The van der Waals surface area contributed by atoms with Crippen LogP contribution < -0.4 is 4.74 Å². The molecule has 3 aromatic carbocycles. The van der Waals surface area contributed by atoms with Crippen LogP contribution in [0.1, 0.15) is 50.6 Å². The molecule has 0 fully saturated rings. The van der Waals surface area contributed by atoms with Crippen molar-refractivity contribution in [2.24, 2.45) is 0 Å². The minimum absolute atomic E-state index is 0.0550. The van der Waals surface area contributed by atoms with Crippen molar-refractivity contribution in [3.05, 3.63) is 102 Å². The number of hydrogen-bond acceptors (Lipinski definition) is 5. The normalized spacial score (nSPS) is 12.3. The third-order valence-corrected chi connectivity index (χ3v) is 7.66. The highest BCUT2D eigenvalue weighted by Gasteiger charge is 2.12. The summed E-state index contributed by atoms with van der Waals surface area (Å²) in [5.74, 6) is 1.96. The number of rotatable bonds is 13. The SMILES string of the molecule is CCCOc1ccc(-c2cccc(C=C(C)C(=O)Cc3ccc(S(=O)Cc4nncn4CCC)cc3)c2)cc1. The third-order valence-electron chi connectivity index (χ3n) is 6.34. The number of ether oxygens (including phenoxy) is 1. The molecule has 202 valence electrons. The van der Waals surface area contributed by atoms with Gasteiger partial charge in [0.25, 0.3) is 0 Å². The van der Waals surface area contributed by atoms with Crippen molar-refractivity contribution in [1.29, 1.82) is 0 Å². The number of hydrogen-bond donors (Lipinski definition) is 0. The first-order valence-electron chi connectivity index (χ1n) is 13.4. The van der Waals surface area contributed by atoms with E-state index in [-0.39, 0.29) is 5.78 Å². The van der Waals surface area contributed by atoms with Crippen LogP contribution in [0.25, 0.3) is 17.2 Å². The molecule has 0 radical (unpaired) electrons. The second-order valence-electron chi connectivity index (χ2n) is 9.50. The molecule has 0 aliphatic heterocycles. The van der Waals surface area contributed by atoms with E-state index in [4.69, 9.17) is 4.74 Å². The van der Waals surface area contributed by atoms with Gasteiger partial charge >= 0.3 is 0 Å². The molecule has 0 aliphatic rings. The zero-order valence-electron chi connectivity index (χ0n) is 22.8. The first-order valence-corrected chi connectivity index (χ1v) is 14.7. The quantitative estimate of drug-likeness (QED) is 0.177. The summed E-state index contributed by atoms with van der Waals surface area (Å²) in [4.78, 5) is 13.7. The predicted molar refractivity (Wildman–Crippen MR) is 157 cm³/mol. The average molecular weight is 542 g/mol. The third kappa shape index (κ3) is 7.83. The lowest BCUT2D eigenvalue weighted by molar-refractivity contribution is -0.114. The summed E-state index contributed by atoms with van der Waals surface area (Å²) in [7, 11) is -1.23. The Balaban J connectivity index is 1.37. The number of ketones is 1. The Labute approximate surface area is 233 Å². The molecule has 0 amide bonds. The van der Waals surface area contributed by atoms with E-state index >= 15 is 0 Å². The minimum Gasteiger partial charge on any atom is -0.494 e. The van der Waals surface area contributed by atoms with E-state index in [2.05, 4.69) is 48.3 Å². The van der Waals surface area contributed by atoms with E-state index in [1.165, 1.54) is 0 Å². The molecule has 1 atom stereocenters. The van der Waals surface area contributed by atoms with E-state index in [1.807, 2.05) is 66.1 Å². The lowest BCUT2D eigenvalue weighted by Crippen LogP contribution is -2.07. The van der Waals surface area contributed by atoms with Crippen molar-refractivity contribution >= 4 is 22.7 Å². The largest absolute Gasteiger partial charge is 0.494 e. The van der Waals surface area contributed by atoms with E-state index in [1.54, 1.807) is 6.33 Å². The molecule has 4 aromatic rings. The van der Waals surface area contributed by atoms with Crippen molar-refractivity contribution < 1.29 is 13.7 Å². The van der Waals surface area contributed by atoms with E-state index in [9.17, 15) is 9.00 Å². The first kappa shape index (κ1) is 28.2. The lowest BCUT2D eigenvalue weighted by atomic mass is 9.99. The van der Waals surface area contributed by atoms with Crippen LogP contribution in [-0.4, -0.2) is 31.4 Å². The van der Waals surface area contributed by atoms with Gasteiger partial charge in [0.2, 0.25) is 0 Å². The highest BCUT2D eigenvalue weighted by molar-refractivity contribution is 7.84. The van der Waals surface area contributed by atoms with Crippen LogP contribution >= 0.6 is 0 Å². The molecule has 1 heterocycles. The zero-order chi connectivity index (χ0) is 27.6. The number of Topliss-reactive ketones (excluding diaryl/α,β-unsaturated/α-hetero) is 1. The van der Waals surface area contributed by atoms with Gasteiger partial charge in [-0.1, -0.05) is 56.3 Å². The summed E-state index contributed by atoms with van der Waals surface area (Å²) < 4.78 is 20.5. The Morgan fingerprint density at radius 3 is 2.46 bits per heavy atom. The number of carbonyl (C=O) groups is 1. The van der Waals surface area contributed by atoms with Crippen LogP contribution in [0.3, 0.4) is 0 Å². The van der Waals surface area contributed by atoms with Crippen molar-refractivity contribution in [3.63, 3.8) is 0 Å². The van der Waals surface area contributed by atoms with Gasteiger partial charge < -0.3 is 9.30 Å². The molecule has 0 saturated heterocycles. The second kappa shape index (κ2) is 13.8. The van der Waals surface area contributed by atoms with Crippen molar-refractivity contribution in [2.75, 3.05) is 6.61 Å². The van der Waals surface area contributed by atoms with Crippen molar-refractivity contribution in [2.45, 2.75) is 57.2 Å². The molecule has 1 aromatic heterocycles. The average Bonchev–Trinajstić information content (AvgIpc) is 3.39. The van der Waals surface area contributed by atoms with Gasteiger partial charge in [-0.3, -0.25) is 9.00 Å². The maximum Gasteiger partial charge on any atom is 0.162 e. The fraction of sp³-hybridized carbons (Fsp3) is 0.281. The molecule has 1 unspecified atom stereocenters. The molecule has 0 saturated carbocycles. The van der Waals surface area contributed by atoms with Crippen LogP contribution in [-0.2, 0) is 34.3 Å². The van der Waals surface area contributed by atoms with Crippen LogP contribution in [0.15, 0.2) is 89.6 Å². The van der Waals surface area contributed by atoms with Gasteiger partial charge in [0.1, 0.15) is 17.9 Å². The van der Waals surface area contributed by atoms with Gasteiger partial charge in [0.15, 0.2) is 5.78 Å². The van der Waals surface area contributed by atoms with E-state index in [0.29, 0.717) is 29.2 Å². The number of aromatic nitrogens is 3. The maximum atomic E-state index is 13.0. The molecule has 6 nitrogen and oxygen atoms in total. The molecule has 7 heteroatoms. The number of carbonyl (C=O) groups excluding carboxylic acids is 1. The Bertz CT molecular complexity index is 1440. The first-order chi connectivity index (χ1) is 19.0. The van der Waals surface area contributed by atoms with Gasteiger partial charge in [0.05, 0.1) is 23.2 Å². The van der Waals surface area contributed by atoms with Crippen LogP contribution in [0, 0.1) is 0 Å². The fourth-order valence-corrected chi connectivity index (χ4v) is 5.27. The van der Waals surface area contributed by atoms with Crippen molar-refractivity contribution in [1.82, 2.24) is 14.8 Å². The highest BCUT2D eigenvalue weighted by Crippen LogP contribution is 2.24. The summed E-state index contributed by atoms with van der Waals surface area (Å²) in [6.07, 6.45) is 5.84. The molecule has 4 rings (SSSR count). The predicted octanol–water partition coefficient (Wildman–Crippen LogP) is 6.67. The summed E-state index contributed by atoms with van der Waals surface area (Å²) in [5, 5.41) is 8.05. The summed E-state index contributed by atoms with van der Waals surface area (Å²) >= 11 is 0. The topological polar surface area (TPSA) is 74.1 Å². The molecule has 0 N–H and O–H groups in total. The second-order valence-corrected chi connectivity index (χ2v) is 11.0. The Morgan fingerprint density at radius 1 is 0.974 bits per heavy atom. The van der Waals surface area contributed by atoms with E-state index in [0.717, 1.165) is 53.2 Å². The van der Waals surface area contributed by atoms with Gasteiger partial charge in [-0.05, 0) is 84.0 Å². The molecule has 0 spiro atoms. The zero-order valence-corrected chi connectivity index (χ0v) is 23.6. The van der Waals surface area contributed by atoms with Gasteiger partial charge in [-0.25, -0.2) is 0 Å². The smallest absolute Gasteiger partial charge is 0.162 e. The number of benzene rings is 3. The standard InChI is InChI=1S/C32H35N3O3S/c1-4-17-35-23-33-34-32(35)22-39(37)30-15-9-25(10-16-30)21-31(36)24(3)19-26-7-6-8-28(20-26)27-11-13-29(14-12-27)38-18-5-2/h6-16,19-20,23H,4-5,17-18,21-22H2,1-3H3. The van der Waals surface area contributed by atoms with Gasteiger partial charge in [-0.2, -0.15) is 0 Å².